The normalized spacial score (nSPS) is 44.1. The van der Waals surface area contributed by atoms with Crippen molar-refractivity contribution in [3.8, 4) is 6.07 Å². The molecule has 0 spiro atoms. The minimum absolute atomic E-state index is 0.863. The second-order valence-corrected chi connectivity index (χ2v) is 3.91. The van der Waals surface area contributed by atoms with Crippen LogP contribution in [0.3, 0.4) is 0 Å². The fraction of sp³-hybridized carbons (Fsp3) is 0.444. The van der Waals surface area contributed by atoms with Crippen LogP contribution in [0.4, 0.5) is 0 Å². The highest BCUT2D eigenvalue weighted by atomic mass is 16.6. The third-order valence-corrected chi connectivity index (χ3v) is 3.40. The average molecular weight is 221 g/mol. The molecule has 80 valence electrons. The molecule has 3 aliphatic rings. The van der Waals surface area contributed by atoms with Crippen molar-refractivity contribution in [2.75, 3.05) is 0 Å². The van der Waals surface area contributed by atoms with E-state index in [9.17, 15) is 19.2 Å². The number of cyclic esters (lactones) is 4. The van der Waals surface area contributed by atoms with Gasteiger partial charge in [0.15, 0.2) is 5.41 Å². The molecule has 0 radical (unpaired) electrons. The molecule has 16 heavy (non-hydrogen) atoms. The van der Waals surface area contributed by atoms with Crippen molar-refractivity contribution in [3.63, 3.8) is 0 Å². The summed E-state index contributed by atoms with van der Waals surface area (Å²) in [6, 6.07) is 1.63. The Labute approximate surface area is 87.9 Å². The van der Waals surface area contributed by atoms with Gasteiger partial charge < -0.3 is 9.47 Å². The topological polar surface area (TPSA) is 111 Å². The molecule has 3 rings (SSSR count). The summed E-state index contributed by atoms with van der Waals surface area (Å²) in [5.74, 6) is -7.19. The van der Waals surface area contributed by atoms with E-state index in [1.165, 1.54) is 0 Å². The Morgan fingerprint density at radius 3 is 2.12 bits per heavy atom. The molecule has 2 saturated heterocycles. The zero-order valence-electron chi connectivity index (χ0n) is 7.63. The molecule has 2 aliphatic heterocycles. The van der Waals surface area contributed by atoms with Gasteiger partial charge >= 0.3 is 23.9 Å². The molecule has 1 aliphatic carbocycles. The lowest BCUT2D eigenvalue weighted by molar-refractivity contribution is -0.160. The first-order valence-corrected chi connectivity index (χ1v) is 4.47. The van der Waals surface area contributed by atoms with E-state index in [0.717, 1.165) is 0 Å². The van der Waals surface area contributed by atoms with Crippen LogP contribution < -0.4 is 0 Å². The average Bonchev–Trinajstić information content (AvgIpc) is 2.48. The van der Waals surface area contributed by atoms with E-state index in [0.29, 0.717) is 0 Å². The number of hydrogen-bond donors (Lipinski definition) is 0. The predicted molar refractivity (Wildman–Crippen MR) is 40.7 cm³/mol. The van der Waals surface area contributed by atoms with Crippen molar-refractivity contribution in [3.05, 3.63) is 0 Å². The molecule has 4 unspecified atom stereocenters. The molecule has 0 amide bonds. The van der Waals surface area contributed by atoms with Crippen molar-refractivity contribution in [1.29, 1.82) is 5.26 Å². The Bertz CT molecular complexity index is 499. The van der Waals surface area contributed by atoms with Crippen LogP contribution >= 0.6 is 0 Å². The fourth-order valence-corrected chi connectivity index (χ4v) is 2.68. The molecular formula is C9H3NO6. The second kappa shape index (κ2) is 2.29. The maximum Gasteiger partial charge on any atom is 0.336 e. The molecule has 0 bridgehead atoms. The highest BCUT2D eigenvalue weighted by molar-refractivity contribution is 6.13. The van der Waals surface area contributed by atoms with Gasteiger partial charge in [-0.25, -0.2) is 4.79 Å². The molecule has 7 nitrogen and oxygen atoms in total. The first kappa shape index (κ1) is 9.03. The van der Waals surface area contributed by atoms with Gasteiger partial charge in [0.05, 0.1) is 12.0 Å². The van der Waals surface area contributed by atoms with Crippen LogP contribution in [0.1, 0.15) is 0 Å². The van der Waals surface area contributed by atoms with E-state index >= 15 is 0 Å². The summed E-state index contributed by atoms with van der Waals surface area (Å²) in [6.45, 7) is 0. The maximum atomic E-state index is 11.4. The standard InChI is InChI=1S/C9H3NO6/c10-1-9-3-2(5(11)15-6(3)12)4(9)7(13)16-8(9)14/h2-4H. The van der Waals surface area contributed by atoms with E-state index in [1.54, 1.807) is 6.07 Å². The number of rotatable bonds is 0. The van der Waals surface area contributed by atoms with Crippen LogP contribution in [0.25, 0.3) is 0 Å². The number of ether oxygens (including phenoxy) is 2. The van der Waals surface area contributed by atoms with Crippen LogP contribution in [0.2, 0.25) is 0 Å². The van der Waals surface area contributed by atoms with Crippen molar-refractivity contribution in [2.45, 2.75) is 0 Å². The lowest BCUT2D eigenvalue weighted by Crippen LogP contribution is -2.59. The second-order valence-electron chi connectivity index (χ2n) is 3.91. The summed E-state index contributed by atoms with van der Waals surface area (Å²) in [5, 5.41) is 8.96. The third-order valence-electron chi connectivity index (χ3n) is 3.40. The SMILES string of the molecule is N#CC12C(=O)OC(=O)C1C1C(=O)OC(=O)C12. The van der Waals surface area contributed by atoms with Gasteiger partial charge in [0.1, 0.15) is 11.8 Å². The lowest BCUT2D eigenvalue weighted by atomic mass is 9.49. The number of esters is 4. The minimum Gasteiger partial charge on any atom is -0.393 e. The van der Waals surface area contributed by atoms with Crippen molar-refractivity contribution < 1.29 is 28.7 Å². The zero-order chi connectivity index (χ0) is 11.7. The Hall–Kier alpha value is -2.23. The molecule has 7 heteroatoms. The van der Waals surface area contributed by atoms with Gasteiger partial charge in [0, 0.05) is 0 Å². The number of carbonyl (C=O) groups is 4. The summed E-state index contributed by atoms with van der Waals surface area (Å²) in [6.07, 6.45) is 0. The van der Waals surface area contributed by atoms with E-state index in [1.807, 2.05) is 0 Å². The summed E-state index contributed by atoms with van der Waals surface area (Å²) >= 11 is 0. The largest absolute Gasteiger partial charge is 0.393 e. The van der Waals surface area contributed by atoms with Crippen molar-refractivity contribution in [2.24, 2.45) is 23.2 Å². The molecule has 0 N–H and O–H groups in total. The number of nitriles is 1. The van der Waals surface area contributed by atoms with Gasteiger partial charge in [-0.2, -0.15) is 5.26 Å². The number of nitrogens with zero attached hydrogens (tertiary/aromatic N) is 1. The molecule has 0 aromatic carbocycles. The van der Waals surface area contributed by atoms with Gasteiger partial charge in [0.2, 0.25) is 0 Å². The number of hydrogen-bond acceptors (Lipinski definition) is 7. The summed E-state index contributed by atoms with van der Waals surface area (Å²) in [5.41, 5.74) is -1.84. The molecule has 2 heterocycles. The Morgan fingerprint density at radius 2 is 1.56 bits per heavy atom. The van der Waals surface area contributed by atoms with Gasteiger partial charge in [-0.05, 0) is 0 Å². The van der Waals surface area contributed by atoms with Gasteiger partial charge in [0.25, 0.3) is 0 Å². The Morgan fingerprint density at radius 1 is 1.00 bits per heavy atom. The molecular weight excluding hydrogens is 218 g/mol. The molecule has 0 aromatic rings. The summed E-state index contributed by atoms with van der Waals surface area (Å²) in [7, 11) is 0. The summed E-state index contributed by atoms with van der Waals surface area (Å²) < 4.78 is 8.63. The molecule has 3 fully saturated rings. The summed E-state index contributed by atoms with van der Waals surface area (Å²) in [4.78, 5) is 45.2. The quantitative estimate of drug-likeness (QED) is 0.362. The van der Waals surface area contributed by atoms with Crippen LogP contribution in [-0.4, -0.2) is 23.9 Å². The Balaban J connectivity index is 2.17. The smallest absolute Gasteiger partial charge is 0.336 e. The van der Waals surface area contributed by atoms with E-state index in [-0.39, 0.29) is 0 Å². The fourth-order valence-electron chi connectivity index (χ4n) is 2.68. The van der Waals surface area contributed by atoms with E-state index in [2.05, 4.69) is 9.47 Å². The predicted octanol–water partition coefficient (Wildman–Crippen LogP) is -1.47. The van der Waals surface area contributed by atoms with Gasteiger partial charge in [-0.3, -0.25) is 14.4 Å². The van der Waals surface area contributed by atoms with Crippen LogP contribution in [-0.2, 0) is 28.7 Å². The molecule has 0 aromatic heterocycles. The van der Waals surface area contributed by atoms with Crippen LogP contribution in [0.15, 0.2) is 0 Å². The van der Waals surface area contributed by atoms with Crippen molar-refractivity contribution >= 4 is 23.9 Å². The van der Waals surface area contributed by atoms with Gasteiger partial charge in [-0.15, -0.1) is 0 Å². The first-order valence-electron chi connectivity index (χ1n) is 4.47. The monoisotopic (exact) mass is 221 g/mol. The highest BCUT2D eigenvalue weighted by Gasteiger charge is 2.83. The molecule has 4 atom stereocenters. The number of carbonyl (C=O) groups excluding carboxylic acids is 4. The molecule has 1 saturated carbocycles. The Kier molecular flexibility index (Phi) is 1.29. The van der Waals surface area contributed by atoms with Crippen LogP contribution in [0.5, 0.6) is 0 Å². The van der Waals surface area contributed by atoms with Gasteiger partial charge in [-0.1, -0.05) is 0 Å². The van der Waals surface area contributed by atoms with E-state index < -0.39 is 47.0 Å². The lowest BCUT2D eigenvalue weighted by Gasteiger charge is -2.40. The number of fused-ring (bicyclic) bond motifs is 4. The highest BCUT2D eigenvalue weighted by Crippen LogP contribution is 2.63. The minimum atomic E-state index is -1.84. The van der Waals surface area contributed by atoms with E-state index in [4.69, 9.17) is 5.26 Å². The van der Waals surface area contributed by atoms with Crippen molar-refractivity contribution in [1.82, 2.24) is 0 Å². The first-order chi connectivity index (χ1) is 7.54. The maximum absolute atomic E-state index is 11.4. The zero-order valence-corrected chi connectivity index (χ0v) is 7.63. The third kappa shape index (κ3) is 0.624. The van der Waals surface area contributed by atoms with Crippen LogP contribution in [0, 0.1) is 34.5 Å².